The number of benzene rings is 1. The van der Waals surface area contributed by atoms with Crippen LogP contribution in [-0.4, -0.2) is 51.0 Å². The summed E-state index contributed by atoms with van der Waals surface area (Å²) in [5, 5.41) is 5.62. The zero-order valence-corrected chi connectivity index (χ0v) is 27.1. The first-order chi connectivity index (χ1) is 20.8. The number of aromatic nitrogens is 1. The fraction of sp³-hybridized carbons (Fsp3) is 0.559. The first kappa shape index (κ1) is 33.0. The summed E-state index contributed by atoms with van der Waals surface area (Å²) in [6.07, 6.45) is 8.33. The van der Waals surface area contributed by atoms with Crippen LogP contribution in [-0.2, 0) is 14.3 Å². The molecule has 1 aromatic heterocycles. The number of fused-ring (bicyclic) bond motifs is 1. The van der Waals surface area contributed by atoms with Crippen molar-refractivity contribution in [1.29, 1.82) is 0 Å². The molecule has 2 atom stereocenters. The number of guanidine groups is 1. The third-order valence-electron chi connectivity index (χ3n) is 8.27. The Kier molecular flexibility index (Phi) is 10.0. The van der Waals surface area contributed by atoms with Crippen molar-refractivity contribution in [3.8, 4) is 5.75 Å². The molecule has 2 N–H and O–H groups in total. The van der Waals surface area contributed by atoms with Crippen molar-refractivity contribution in [1.82, 2.24) is 20.5 Å². The zero-order chi connectivity index (χ0) is 32.1. The van der Waals surface area contributed by atoms with Crippen LogP contribution < -0.4 is 15.4 Å². The van der Waals surface area contributed by atoms with E-state index in [1.807, 2.05) is 84.9 Å². The van der Waals surface area contributed by atoms with Gasteiger partial charge in [0.15, 0.2) is 0 Å². The fourth-order valence-electron chi connectivity index (χ4n) is 5.86. The van der Waals surface area contributed by atoms with E-state index in [4.69, 9.17) is 14.5 Å². The molecule has 44 heavy (non-hydrogen) atoms. The largest absolute Gasteiger partial charge is 0.487 e. The van der Waals surface area contributed by atoms with E-state index in [0.29, 0.717) is 18.3 Å². The highest BCUT2D eigenvalue weighted by Crippen LogP contribution is 2.46. The predicted octanol–water partition coefficient (Wildman–Crippen LogP) is 6.24. The van der Waals surface area contributed by atoms with Crippen molar-refractivity contribution in [2.75, 3.05) is 0 Å². The van der Waals surface area contributed by atoms with Crippen LogP contribution in [0.2, 0.25) is 0 Å². The van der Waals surface area contributed by atoms with Crippen LogP contribution in [0.1, 0.15) is 110 Å². The van der Waals surface area contributed by atoms with Gasteiger partial charge in [-0.25, -0.2) is 9.79 Å². The van der Waals surface area contributed by atoms with Gasteiger partial charge in [0, 0.05) is 24.4 Å². The summed E-state index contributed by atoms with van der Waals surface area (Å²) in [6, 6.07) is 11.6. The Bertz CT molecular complexity index is 1350. The Morgan fingerprint density at radius 2 is 1.86 bits per heavy atom. The van der Waals surface area contributed by atoms with Gasteiger partial charge in [0.25, 0.3) is 0 Å². The Labute approximate surface area is 261 Å². The third-order valence-corrected chi connectivity index (χ3v) is 8.27. The van der Waals surface area contributed by atoms with Crippen LogP contribution in [0.4, 0.5) is 4.79 Å². The third kappa shape index (κ3) is 8.15. The average molecular weight is 606 g/mol. The topological polar surface area (TPSA) is 122 Å². The lowest BCUT2D eigenvalue weighted by Gasteiger charge is -2.41. The van der Waals surface area contributed by atoms with Gasteiger partial charge in [0.2, 0.25) is 18.3 Å². The summed E-state index contributed by atoms with van der Waals surface area (Å²) in [4.78, 5) is 47.3. The molecule has 238 valence electrons. The van der Waals surface area contributed by atoms with Gasteiger partial charge in [-0.15, -0.1) is 0 Å². The van der Waals surface area contributed by atoms with Crippen LogP contribution in [0, 0.1) is 5.92 Å². The molecule has 5 rings (SSSR count). The molecule has 0 saturated heterocycles. The molecule has 10 heteroatoms. The maximum absolute atomic E-state index is 13.4. The summed E-state index contributed by atoms with van der Waals surface area (Å²) in [5.74, 6) is 1.48. The maximum Gasteiger partial charge on any atom is 0.414 e. The SMILES string of the molecule is CC1(C)CC(NC=O)c2ccccc2O1.CCC1(CC)CC(=O)N(C(c2cccnc2)C2CC2)C(NC(=O)OC(C)(C)C)=N1. The van der Waals surface area contributed by atoms with Crippen molar-refractivity contribution >= 4 is 24.4 Å². The first-order valence-electron chi connectivity index (χ1n) is 15.6. The van der Waals surface area contributed by atoms with Gasteiger partial charge in [-0.2, -0.15) is 0 Å². The predicted molar refractivity (Wildman–Crippen MR) is 169 cm³/mol. The van der Waals surface area contributed by atoms with Crippen LogP contribution in [0.3, 0.4) is 0 Å². The van der Waals surface area contributed by atoms with Gasteiger partial charge in [0.1, 0.15) is 17.0 Å². The molecule has 1 fully saturated rings. The molecule has 2 aliphatic heterocycles. The number of hydrogen-bond donors (Lipinski definition) is 2. The van der Waals surface area contributed by atoms with Gasteiger partial charge in [-0.05, 0) is 83.9 Å². The smallest absolute Gasteiger partial charge is 0.414 e. The normalized spacial score (nSPS) is 20.9. The molecule has 1 aromatic carbocycles. The number of alkyl carbamates (subject to hydrolysis) is 1. The minimum Gasteiger partial charge on any atom is -0.487 e. The number of hydrogen-bond acceptors (Lipinski definition) is 7. The molecular weight excluding hydrogens is 558 g/mol. The molecule has 3 amide bonds. The van der Waals surface area contributed by atoms with Gasteiger partial charge >= 0.3 is 6.09 Å². The Morgan fingerprint density at radius 1 is 1.16 bits per heavy atom. The van der Waals surface area contributed by atoms with Crippen molar-refractivity contribution in [3.63, 3.8) is 0 Å². The second-order valence-corrected chi connectivity index (χ2v) is 13.4. The monoisotopic (exact) mass is 605 g/mol. The lowest BCUT2D eigenvalue weighted by molar-refractivity contribution is -0.132. The number of pyridine rings is 1. The molecule has 3 aliphatic rings. The number of carbonyl (C=O) groups excluding carboxylic acids is 3. The van der Waals surface area contributed by atoms with E-state index in [1.54, 1.807) is 17.3 Å². The number of aliphatic imine (C=N–C) groups is 1. The molecule has 10 nitrogen and oxygen atoms in total. The number of nitrogens with zero attached hydrogens (tertiary/aromatic N) is 3. The van der Waals surface area contributed by atoms with Crippen molar-refractivity contribution in [2.24, 2.45) is 10.9 Å². The zero-order valence-electron chi connectivity index (χ0n) is 27.1. The average Bonchev–Trinajstić information content (AvgIpc) is 3.79. The summed E-state index contributed by atoms with van der Waals surface area (Å²) in [5.41, 5.74) is 0.655. The van der Waals surface area contributed by atoms with E-state index in [-0.39, 0.29) is 23.6 Å². The maximum atomic E-state index is 13.4. The standard InChI is InChI=1S/C22H32N4O3.C12H15NO2/c1-6-22(7-2)13-17(27)26(19(25-22)24-20(28)29-21(3,4)5)18(15-10-11-15)16-9-8-12-23-14-16;1-12(2)7-10(13-8-14)9-5-3-4-6-11(9)15-12/h8-9,12,14-15,18H,6-7,10-11,13H2,1-5H3,(H,24,25,28);3-6,8,10H,7H2,1-2H3,(H,13,14). The Hall–Kier alpha value is -3.95. The quantitative estimate of drug-likeness (QED) is 0.361. The molecule has 0 bridgehead atoms. The highest BCUT2D eigenvalue weighted by atomic mass is 16.6. The second-order valence-electron chi connectivity index (χ2n) is 13.4. The molecule has 0 spiro atoms. The van der Waals surface area contributed by atoms with Crippen LogP contribution >= 0.6 is 0 Å². The number of para-hydroxylation sites is 1. The number of ether oxygens (including phenoxy) is 2. The summed E-state index contributed by atoms with van der Waals surface area (Å²) in [7, 11) is 0. The van der Waals surface area contributed by atoms with E-state index in [1.165, 1.54) is 0 Å². The molecule has 2 aromatic rings. The summed E-state index contributed by atoms with van der Waals surface area (Å²) in [6.45, 7) is 13.5. The van der Waals surface area contributed by atoms with Crippen LogP contribution in [0.5, 0.6) is 5.75 Å². The van der Waals surface area contributed by atoms with Gasteiger partial charge in [-0.3, -0.25) is 24.8 Å². The number of carbonyl (C=O) groups is 3. The van der Waals surface area contributed by atoms with Gasteiger partial charge in [-0.1, -0.05) is 38.1 Å². The highest BCUT2D eigenvalue weighted by Gasteiger charge is 2.46. The molecule has 2 unspecified atom stereocenters. The van der Waals surface area contributed by atoms with E-state index in [9.17, 15) is 14.4 Å². The fourth-order valence-corrected chi connectivity index (χ4v) is 5.86. The number of nitrogens with one attached hydrogen (secondary N) is 2. The van der Waals surface area contributed by atoms with E-state index >= 15 is 0 Å². The van der Waals surface area contributed by atoms with Crippen LogP contribution in [0.25, 0.3) is 0 Å². The Balaban J connectivity index is 0.000000246. The van der Waals surface area contributed by atoms with Crippen molar-refractivity contribution in [2.45, 2.75) is 116 Å². The van der Waals surface area contributed by atoms with Crippen molar-refractivity contribution in [3.05, 3.63) is 59.9 Å². The summed E-state index contributed by atoms with van der Waals surface area (Å²) >= 11 is 0. The number of amides is 3. The van der Waals surface area contributed by atoms with E-state index in [0.717, 1.165) is 55.4 Å². The van der Waals surface area contributed by atoms with Crippen LogP contribution in [0.15, 0.2) is 53.8 Å². The lowest BCUT2D eigenvalue weighted by Crippen LogP contribution is -2.56. The first-order valence-corrected chi connectivity index (χ1v) is 15.6. The molecular formula is C34H47N5O5. The highest BCUT2D eigenvalue weighted by molar-refractivity contribution is 6.05. The molecule has 3 heterocycles. The van der Waals surface area contributed by atoms with E-state index < -0.39 is 17.2 Å². The summed E-state index contributed by atoms with van der Waals surface area (Å²) < 4.78 is 11.3. The van der Waals surface area contributed by atoms with Crippen molar-refractivity contribution < 1.29 is 23.9 Å². The van der Waals surface area contributed by atoms with Gasteiger partial charge in [0.05, 0.1) is 24.0 Å². The molecule has 1 saturated carbocycles. The lowest BCUT2D eigenvalue weighted by atomic mass is 9.87. The molecule has 1 aliphatic carbocycles. The minimum atomic E-state index is -0.639. The second kappa shape index (κ2) is 13.4. The molecule has 0 radical (unpaired) electrons. The minimum absolute atomic E-state index is 0.0180. The Morgan fingerprint density at radius 3 is 2.45 bits per heavy atom. The van der Waals surface area contributed by atoms with Gasteiger partial charge < -0.3 is 14.8 Å². The van der Waals surface area contributed by atoms with E-state index in [2.05, 4.69) is 15.6 Å². The number of rotatable bonds is 7.